The molecule has 40 heavy (non-hydrogen) atoms. The van der Waals surface area contributed by atoms with E-state index in [4.69, 9.17) is 13.9 Å². The van der Waals surface area contributed by atoms with Gasteiger partial charge in [-0.15, -0.1) is 0 Å². The second-order valence-corrected chi connectivity index (χ2v) is 12.4. The predicted molar refractivity (Wildman–Crippen MR) is 152 cm³/mol. The number of hydrogen-bond donors (Lipinski definition) is 0. The number of aromatic nitrogens is 1. The van der Waals surface area contributed by atoms with Gasteiger partial charge < -0.3 is 18.8 Å². The van der Waals surface area contributed by atoms with Gasteiger partial charge in [-0.3, -0.25) is 4.79 Å². The maximum absolute atomic E-state index is 13.8. The molecule has 2 aliphatic heterocycles. The number of anilines is 1. The van der Waals surface area contributed by atoms with Crippen LogP contribution in [0.3, 0.4) is 0 Å². The summed E-state index contributed by atoms with van der Waals surface area (Å²) < 4.78 is 17.8. The number of benzene rings is 2. The lowest BCUT2D eigenvalue weighted by molar-refractivity contribution is -0.127. The summed E-state index contributed by atoms with van der Waals surface area (Å²) >= 11 is 0. The van der Waals surface area contributed by atoms with E-state index in [0.717, 1.165) is 72.2 Å². The fourth-order valence-corrected chi connectivity index (χ4v) is 6.26. The van der Waals surface area contributed by atoms with Gasteiger partial charge in [-0.2, -0.15) is 0 Å². The molecule has 1 spiro atoms. The van der Waals surface area contributed by atoms with E-state index in [-0.39, 0.29) is 5.78 Å². The lowest BCUT2D eigenvalue weighted by atomic mass is 9.71. The predicted octanol–water partition coefficient (Wildman–Crippen LogP) is 5.72. The smallest absolute Gasteiger partial charge is 0.197 e. The Bertz CT molecular complexity index is 1760. The van der Waals surface area contributed by atoms with E-state index in [0.29, 0.717) is 28.2 Å². The molecule has 2 aromatic carbocycles. The van der Waals surface area contributed by atoms with E-state index >= 15 is 0 Å². The van der Waals surface area contributed by atoms with E-state index in [9.17, 15) is 4.79 Å². The standard InChI is InChI=1S/C34H30N2O4/c1-33(2)28-15-24(36-17-34(18-36)19-38-20-34)8-10-26(28)31(37)30-27-9-6-21(13-29(27)40-32(30)33)5-7-23-14-25(11-12-35-23)39-16-22-3-4-22/h6,8-15,22H,3-4,16-20H2,1-2H3. The van der Waals surface area contributed by atoms with Crippen LogP contribution in [0.15, 0.2) is 59.1 Å². The van der Waals surface area contributed by atoms with Crippen LogP contribution in [0.25, 0.3) is 11.0 Å². The van der Waals surface area contributed by atoms with E-state index in [2.05, 4.69) is 47.7 Å². The Morgan fingerprint density at radius 2 is 1.90 bits per heavy atom. The normalized spacial score (nSPS) is 19.8. The van der Waals surface area contributed by atoms with E-state index < -0.39 is 5.41 Å². The molecule has 2 aromatic heterocycles. The minimum atomic E-state index is -0.452. The molecule has 0 unspecified atom stereocenters. The van der Waals surface area contributed by atoms with Gasteiger partial charge in [-0.25, -0.2) is 4.98 Å². The number of ketones is 1. The molecule has 2 aliphatic carbocycles. The van der Waals surface area contributed by atoms with Crippen molar-refractivity contribution in [1.82, 2.24) is 4.98 Å². The lowest BCUT2D eigenvalue weighted by Gasteiger charge is -2.56. The molecule has 0 N–H and O–H groups in total. The van der Waals surface area contributed by atoms with Crippen molar-refractivity contribution in [3.05, 3.63) is 88.4 Å². The Morgan fingerprint density at radius 1 is 1.05 bits per heavy atom. The second-order valence-electron chi connectivity index (χ2n) is 12.4. The fraction of sp³-hybridized carbons (Fsp3) is 0.353. The average Bonchev–Trinajstić information content (AvgIpc) is 3.66. The quantitative estimate of drug-likeness (QED) is 0.314. The highest BCUT2D eigenvalue weighted by atomic mass is 16.5. The van der Waals surface area contributed by atoms with Crippen molar-refractivity contribution in [2.45, 2.75) is 32.1 Å². The highest BCUT2D eigenvalue weighted by Crippen LogP contribution is 2.48. The van der Waals surface area contributed by atoms with Gasteiger partial charge in [-0.1, -0.05) is 5.92 Å². The number of rotatable bonds is 4. The molecule has 2 saturated heterocycles. The van der Waals surface area contributed by atoms with Gasteiger partial charge >= 0.3 is 0 Å². The molecule has 3 fully saturated rings. The Labute approximate surface area is 233 Å². The van der Waals surface area contributed by atoms with Gasteiger partial charge in [0, 0.05) is 53.0 Å². The zero-order valence-electron chi connectivity index (χ0n) is 22.8. The summed E-state index contributed by atoms with van der Waals surface area (Å²) in [5, 5.41) is 0.830. The van der Waals surface area contributed by atoms with Crippen LogP contribution in [0, 0.1) is 23.2 Å². The summed E-state index contributed by atoms with van der Waals surface area (Å²) in [5.41, 5.74) is 5.61. The third-order valence-corrected chi connectivity index (χ3v) is 8.89. The van der Waals surface area contributed by atoms with Crippen LogP contribution in [0.4, 0.5) is 5.69 Å². The maximum atomic E-state index is 13.8. The van der Waals surface area contributed by atoms with Gasteiger partial charge in [0.25, 0.3) is 0 Å². The molecule has 1 saturated carbocycles. The number of nitrogens with zero attached hydrogens (tertiary/aromatic N) is 2. The zero-order chi connectivity index (χ0) is 27.1. The van der Waals surface area contributed by atoms with Crippen LogP contribution in [0.1, 0.15) is 65.2 Å². The first-order valence-electron chi connectivity index (χ1n) is 14.1. The molecule has 4 aliphatic rings. The summed E-state index contributed by atoms with van der Waals surface area (Å²) in [7, 11) is 0. The third-order valence-electron chi connectivity index (χ3n) is 8.89. The summed E-state index contributed by atoms with van der Waals surface area (Å²) in [6.45, 7) is 8.76. The molecule has 6 heteroatoms. The van der Waals surface area contributed by atoms with Gasteiger partial charge in [0.15, 0.2) is 5.78 Å². The minimum Gasteiger partial charge on any atom is -0.493 e. The number of fused-ring (bicyclic) bond motifs is 4. The van der Waals surface area contributed by atoms with Gasteiger partial charge in [0.05, 0.1) is 30.8 Å². The first-order chi connectivity index (χ1) is 19.4. The van der Waals surface area contributed by atoms with Crippen LogP contribution in [0.5, 0.6) is 5.75 Å². The fourth-order valence-electron chi connectivity index (χ4n) is 6.26. The Kier molecular flexibility index (Phi) is 5.03. The summed E-state index contributed by atoms with van der Waals surface area (Å²) in [4.78, 5) is 20.5. The first-order valence-corrected chi connectivity index (χ1v) is 14.1. The van der Waals surface area contributed by atoms with Crippen molar-refractivity contribution >= 4 is 22.4 Å². The van der Waals surface area contributed by atoms with Crippen molar-refractivity contribution in [2.24, 2.45) is 11.3 Å². The van der Waals surface area contributed by atoms with Crippen LogP contribution in [0.2, 0.25) is 0 Å². The molecule has 4 heterocycles. The van der Waals surface area contributed by atoms with Crippen molar-refractivity contribution in [3.8, 4) is 17.6 Å². The summed E-state index contributed by atoms with van der Waals surface area (Å²) in [6, 6.07) is 15.8. The van der Waals surface area contributed by atoms with Crippen LogP contribution >= 0.6 is 0 Å². The number of carbonyl (C=O) groups excluding carboxylic acids is 1. The highest BCUT2D eigenvalue weighted by molar-refractivity contribution is 6.19. The van der Waals surface area contributed by atoms with E-state index in [1.54, 1.807) is 6.20 Å². The monoisotopic (exact) mass is 530 g/mol. The third kappa shape index (κ3) is 3.76. The Morgan fingerprint density at radius 3 is 2.67 bits per heavy atom. The van der Waals surface area contributed by atoms with Gasteiger partial charge in [0.2, 0.25) is 0 Å². The molecule has 4 aromatic rings. The molecule has 0 bridgehead atoms. The Balaban J connectivity index is 1.10. The largest absolute Gasteiger partial charge is 0.493 e. The van der Waals surface area contributed by atoms with Crippen molar-refractivity contribution in [1.29, 1.82) is 0 Å². The van der Waals surface area contributed by atoms with Crippen molar-refractivity contribution < 1.29 is 18.7 Å². The summed E-state index contributed by atoms with van der Waals surface area (Å²) in [5.74, 6) is 8.59. The van der Waals surface area contributed by atoms with E-state index in [1.165, 1.54) is 12.8 Å². The number of hydrogen-bond acceptors (Lipinski definition) is 6. The molecule has 200 valence electrons. The van der Waals surface area contributed by atoms with Crippen LogP contribution in [-0.2, 0) is 10.2 Å². The molecular formula is C34H30N2O4. The number of pyridine rings is 1. The maximum Gasteiger partial charge on any atom is 0.197 e. The molecular weight excluding hydrogens is 500 g/mol. The highest BCUT2D eigenvalue weighted by Gasteiger charge is 2.49. The lowest BCUT2D eigenvalue weighted by Crippen LogP contribution is -2.66. The molecule has 0 radical (unpaired) electrons. The minimum absolute atomic E-state index is 0.0214. The molecule has 0 atom stereocenters. The number of furan rings is 1. The molecule has 8 rings (SSSR count). The SMILES string of the molecule is CC1(C)c2cc(N3CC4(COC4)C3)ccc2C(=O)c2c1oc1cc(C#Cc3cc(OCC4CC4)ccn3)ccc21. The van der Waals surface area contributed by atoms with Gasteiger partial charge in [-0.05, 0) is 86.6 Å². The van der Waals surface area contributed by atoms with Gasteiger partial charge in [0.1, 0.15) is 22.8 Å². The zero-order valence-corrected chi connectivity index (χ0v) is 22.8. The summed E-state index contributed by atoms with van der Waals surface area (Å²) in [6.07, 6.45) is 4.23. The average molecular weight is 531 g/mol. The second kappa shape index (κ2) is 8.46. The number of carbonyl (C=O) groups is 1. The first kappa shape index (κ1) is 23.8. The van der Waals surface area contributed by atoms with Crippen molar-refractivity contribution in [2.75, 3.05) is 37.8 Å². The molecule has 6 nitrogen and oxygen atoms in total. The van der Waals surface area contributed by atoms with Crippen LogP contribution < -0.4 is 9.64 Å². The topological polar surface area (TPSA) is 64.8 Å². The Hall–Kier alpha value is -4.08. The van der Waals surface area contributed by atoms with Crippen LogP contribution in [-0.4, -0.2) is 43.7 Å². The van der Waals surface area contributed by atoms with E-state index in [1.807, 2.05) is 36.4 Å². The van der Waals surface area contributed by atoms with Crippen molar-refractivity contribution in [3.63, 3.8) is 0 Å². The number of ether oxygens (including phenoxy) is 2. The molecule has 0 amide bonds.